The van der Waals surface area contributed by atoms with Crippen LogP contribution in [-0.4, -0.2) is 32.9 Å². The highest BCUT2D eigenvalue weighted by Crippen LogP contribution is 2.23. The van der Waals surface area contributed by atoms with Gasteiger partial charge in [-0.3, -0.25) is 14.9 Å². The van der Waals surface area contributed by atoms with Gasteiger partial charge in [0.05, 0.1) is 18.0 Å². The monoisotopic (exact) mass is 415 g/mol. The van der Waals surface area contributed by atoms with E-state index in [9.17, 15) is 9.59 Å². The summed E-state index contributed by atoms with van der Waals surface area (Å²) in [7, 11) is 0. The average molecular weight is 416 g/mol. The molecule has 2 heterocycles. The highest BCUT2D eigenvalue weighted by Gasteiger charge is 2.32. The number of anilines is 1. The van der Waals surface area contributed by atoms with Crippen molar-refractivity contribution in [2.75, 3.05) is 5.32 Å². The highest BCUT2D eigenvalue weighted by molar-refractivity contribution is 7.99. The number of benzene rings is 1. The standard InChI is InChI=1S/C21H29N5O2S/c1-12(2)29-17-8-6-16(7-9-17)11-19(27)23-18-10-13(3)25-26(18)21-22-15(5)14(4)20(28)24-21/h6-10,12,14-15,21-22H,11H2,1-5H3,(H,23,27)(H,24,28). The summed E-state index contributed by atoms with van der Waals surface area (Å²) in [5.41, 5.74) is 1.71. The number of hydrogen-bond acceptors (Lipinski definition) is 5. The van der Waals surface area contributed by atoms with Crippen molar-refractivity contribution < 1.29 is 9.59 Å². The summed E-state index contributed by atoms with van der Waals surface area (Å²) in [6, 6.07) is 9.87. The summed E-state index contributed by atoms with van der Waals surface area (Å²) in [4.78, 5) is 26.0. The maximum absolute atomic E-state index is 12.6. The van der Waals surface area contributed by atoms with Crippen LogP contribution in [-0.2, 0) is 16.0 Å². The minimum absolute atomic E-state index is 0.00373. The molecule has 3 atom stereocenters. The third-order valence-corrected chi connectivity index (χ3v) is 5.91. The summed E-state index contributed by atoms with van der Waals surface area (Å²) in [6.07, 6.45) is -0.223. The molecular weight excluding hydrogens is 386 g/mol. The van der Waals surface area contributed by atoms with Crippen molar-refractivity contribution in [2.45, 2.75) is 63.5 Å². The zero-order valence-electron chi connectivity index (χ0n) is 17.5. The fourth-order valence-electron chi connectivity index (χ4n) is 3.20. The lowest BCUT2D eigenvalue weighted by molar-refractivity contribution is -0.130. The van der Waals surface area contributed by atoms with E-state index in [0.29, 0.717) is 11.1 Å². The Morgan fingerprint density at radius 3 is 2.59 bits per heavy atom. The van der Waals surface area contributed by atoms with Crippen molar-refractivity contribution in [3.63, 3.8) is 0 Å². The van der Waals surface area contributed by atoms with Crippen LogP contribution >= 0.6 is 11.8 Å². The molecule has 29 heavy (non-hydrogen) atoms. The molecule has 0 radical (unpaired) electrons. The second kappa shape index (κ2) is 9.00. The Labute approximate surface area is 176 Å². The van der Waals surface area contributed by atoms with Crippen LogP contribution in [0, 0.1) is 12.8 Å². The molecular formula is C21H29N5O2S. The molecule has 1 saturated heterocycles. The van der Waals surface area contributed by atoms with Gasteiger partial charge in [0.1, 0.15) is 5.82 Å². The molecule has 1 aromatic carbocycles. The quantitative estimate of drug-likeness (QED) is 0.631. The predicted octanol–water partition coefficient (Wildman–Crippen LogP) is 3.07. The summed E-state index contributed by atoms with van der Waals surface area (Å²) >= 11 is 1.80. The van der Waals surface area contributed by atoms with Crippen LogP contribution in [0.4, 0.5) is 5.82 Å². The van der Waals surface area contributed by atoms with E-state index in [2.05, 4.69) is 34.9 Å². The average Bonchev–Trinajstić information content (AvgIpc) is 3.00. The Hall–Kier alpha value is -2.32. The van der Waals surface area contributed by atoms with Crippen molar-refractivity contribution in [1.82, 2.24) is 20.4 Å². The van der Waals surface area contributed by atoms with E-state index in [-0.39, 0.29) is 30.2 Å². The smallest absolute Gasteiger partial charge is 0.229 e. The third-order valence-electron chi connectivity index (χ3n) is 4.89. The molecule has 8 heteroatoms. The van der Waals surface area contributed by atoms with Crippen LogP contribution < -0.4 is 16.0 Å². The Kier molecular flexibility index (Phi) is 6.64. The molecule has 0 spiro atoms. The first-order valence-corrected chi connectivity index (χ1v) is 10.8. The van der Waals surface area contributed by atoms with Crippen molar-refractivity contribution in [2.24, 2.45) is 5.92 Å². The minimum atomic E-state index is -0.495. The van der Waals surface area contributed by atoms with Crippen LogP contribution in [0.25, 0.3) is 0 Å². The normalized spacial score (nSPS) is 21.9. The van der Waals surface area contributed by atoms with Gasteiger partial charge in [-0.05, 0) is 31.5 Å². The zero-order chi connectivity index (χ0) is 21.1. The molecule has 1 fully saturated rings. The molecule has 1 aliphatic heterocycles. The Bertz CT molecular complexity index is 878. The number of hydrogen-bond donors (Lipinski definition) is 3. The van der Waals surface area contributed by atoms with Gasteiger partial charge in [-0.1, -0.05) is 32.9 Å². The number of amides is 2. The first-order valence-electron chi connectivity index (χ1n) is 9.91. The lowest BCUT2D eigenvalue weighted by Crippen LogP contribution is -2.57. The van der Waals surface area contributed by atoms with E-state index in [1.54, 1.807) is 22.5 Å². The molecule has 7 nitrogen and oxygen atoms in total. The molecule has 0 bridgehead atoms. The minimum Gasteiger partial charge on any atom is -0.322 e. The molecule has 3 rings (SSSR count). The number of rotatable bonds is 6. The van der Waals surface area contributed by atoms with E-state index in [1.165, 1.54) is 4.90 Å². The van der Waals surface area contributed by atoms with Gasteiger partial charge >= 0.3 is 0 Å². The summed E-state index contributed by atoms with van der Waals surface area (Å²) < 4.78 is 1.62. The van der Waals surface area contributed by atoms with E-state index >= 15 is 0 Å². The second-order valence-corrected chi connectivity index (χ2v) is 9.46. The highest BCUT2D eigenvalue weighted by atomic mass is 32.2. The Balaban J connectivity index is 1.67. The van der Waals surface area contributed by atoms with Crippen LogP contribution in [0.2, 0.25) is 0 Å². The van der Waals surface area contributed by atoms with E-state index < -0.39 is 6.29 Å². The summed E-state index contributed by atoms with van der Waals surface area (Å²) in [6.45, 7) is 10.0. The number of aryl methyl sites for hydroxylation is 1. The third kappa shape index (κ3) is 5.39. The maximum Gasteiger partial charge on any atom is 0.229 e. The number of aromatic nitrogens is 2. The first-order chi connectivity index (χ1) is 13.7. The fourth-order valence-corrected chi connectivity index (χ4v) is 4.03. The van der Waals surface area contributed by atoms with Gasteiger partial charge in [0.2, 0.25) is 11.8 Å². The lowest BCUT2D eigenvalue weighted by atomic mass is 10.0. The number of carbonyl (C=O) groups excluding carboxylic acids is 2. The lowest BCUT2D eigenvalue weighted by Gasteiger charge is -2.34. The van der Waals surface area contributed by atoms with Crippen LogP contribution in [0.5, 0.6) is 0 Å². The SMILES string of the molecule is Cc1cc(NC(=O)Cc2ccc(SC(C)C)cc2)n(C2NC(=O)C(C)C(C)N2)n1. The van der Waals surface area contributed by atoms with Gasteiger partial charge in [0.25, 0.3) is 0 Å². The molecule has 1 aromatic heterocycles. The van der Waals surface area contributed by atoms with Crippen molar-refractivity contribution in [3.8, 4) is 0 Å². The Morgan fingerprint density at radius 2 is 1.97 bits per heavy atom. The predicted molar refractivity (Wildman–Crippen MR) is 116 cm³/mol. The van der Waals surface area contributed by atoms with Crippen molar-refractivity contribution in [1.29, 1.82) is 0 Å². The topological polar surface area (TPSA) is 88.0 Å². The van der Waals surface area contributed by atoms with E-state index in [4.69, 9.17) is 0 Å². The fraction of sp³-hybridized carbons (Fsp3) is 0.476. The maximum atomic E-state index is 12.6. The first kappa shape index (κ1) is 21.4. The Morgan fingerprint density at radius 1 is 1.28 bits per heavy atom. The van der Waals surface area contributed by atoms with Crippen molar-refractivity contribution in [3.05, 3.63) is 41.6 Å². The van der Waals surface area contributed by atoms with Gasteiger partial charge < -0.3 is 10.6 Å². The van der Waals surface area contributed by atoms with Gasteiger partial charge in [-0.15, -0.1) is 11.8 Å². The number of thioether (sulfide) groups is 1. The summed E-state index contributed by atoms with van der Waals surface area (Å²) in [5.74, 6) is 0.266. The van der Waals surface area contributed by atoms with Crippen LogP contribution in [0.3, 0.4) is 0 Å². The number of carbonyl (C=O) groups is 2. The van der Waals surface area contributed by atoms with Gasteiger partial charge in [-0.25, -0.2) is 4.68 Å². The van der Waals surface area contributed by atoms with Gasteiger partial charge in [-0.2, -0.15) is 5.10 Å². The van der Waals surface area contributed by atoms with E-state index in [1.807, 2.05) is 45.0 Å². The molecule has 3 N–H and O–H groups in total. The number of nitrogens with one attached hydrogen (secondary N) is 3. The van der Waals surface area contributed by atoms with Crippen LogP contribution in [0.1, 0.15) is 45.2 Å². The van der Waals surface area contributed by atoms with Crippen molar-refractivity contribution >= 4 is 29.4 Å². The molecule has 156 valence electrons. The summed E-state index contributed by atoms with van der Waals surface area (Å²) in [5, 5.41) is 14.1. The largest absolute Gasteiger partial charge is 0.322 e. The molecule has 3 unspecified atom stereocenters. The number of nitrogens with zero attached hydrogens (tertiary/aromatic N) is 2. The molecule has 0 saturated carbocycles. The molecule has 2 aromatic rings. The van der Waals surface area contributed by atoms with E-state index in [0.717, 1.165) is 11.3 Å². The van der Waals surface area contributed by atoms with Gasteiger partial charge in [0, 0.05) is 22.3 Å². The molecule has 2 amide bonds. The van der Waals surface area contributed by atoms with Crippen LogP contribution in [0.15, 0.2) is 35.2 Å². The van der Waals surface area contributed by atoms with Gasteiger partial charge in [0.15, 0.2) is 6.29 Å². The molecule has 0 aliphatic carbocycles. The second-order valence-electron chi connectivity index (χ2n) is 7.81. The zero-order valence-corrected chi connectivity index (χ0v) is 18.3. The molecule has 1 aliphatic rings.